The Morgan fingerprint density at radius 1 is 1.06 bits per heavy atom. The molecular weight excluding hydrogens is 250 g/mol. The molecule has 17 heavy (non-hydrogen) atoms. The summed E-state index contributed by atoms with van der Waals surface area (Å²) in [7, 11) is 0. The average molecular weight is 253 g/mol. The van der Waals surface area contributed by atoms with Gasteiger partial charge in [0.2, 0.25) is 0 Å². The lowest BCUT2D eigenvalue weighted by molar-refractivity contribution is -0.970. The summed E-state index contributed by atoms with van der Waals surface area (Å²) in [5, 5.41) is 38.8. The van der Waals surface area contributed by atoms with Crippen LogP contribution >= 0.6 is 0 Å². The SMILES string of the molecule is O=C(O)C(=O)OCC([N+](=O)[O-])([N+](=O)[O-])[N+](=O)[O-]. The van der Waals surface area contributed by atoms with Crippen LogP contribution in [0, 0.1) is 30.3 Å². The molecule has 0 fully saturated rings. The molecule has 0 aliphatic heterocycles. The van der Waals surface area contributed by atoms with Crippen molar-refractivity contribution in [3.05, 3.63) is 30.3 Å². The van der Waals surface area contributed by atoms with Crippen molar-refractivity contribution in [1.29, 1.82) is 0 Å². The second-order valence-corrected chi connectivity index (χ2v) is 2.43. The van der Waals surface area contributed by atoms with E-state index in [0.717, 1.165) is 0 Å². The molecule has 1 N–H and O–H groups in total. The summed E-state index contributed by atoms with van der Waals surface area (Å²) in [6.45, 7) is -1.94. The number of hydrogen-bond donors (Lipinski definition) is 1. The Morgan fingerprint density at radius 3 is 1.65 bits per heavy atom. The molecule has 13 heteroatoms. The van der Waals surface area contributed by atoms with E-state index in [1.54, 1.807) is 0 Å². The molecule has 0 aromatic carbocycles. The van der Waals surface area contributed by atoms with Crippen LogP contribution in [0.15, 0.2) is 0 Å². The number of carbonyl (C=O) groups is 2. The fraction of sp³-hybridized carbons (Fsp3) is 0.500. The Morgan fingerprint density at radius 2 is 1.41 bits per heavy atom. The minimum absolute atomic E-state index is 1.90. The van der Waals surface area contributed by atoms with E-state index in [1.807, 2.05) is 0 Å². The predicted octanol–water partition coefficient (Wildman–Crippen LogP) is -1.90. The second kappa shape index (κ2) is 4.77. The number of carboxylic acids is 1. The van der Waals surface area contributed by atoms with E-state index < -0.39 is 39.1 Å². The number of aliphatic carboxylic acids is 1. The number of carboxylic acid groups (broad SMARTS) is 1. The summed E-state index contributed by atoms with van der Waals surface area (Å²) in [6, 6.07) is 0. The van der Waals surface area contributed by atoms with Crippen molar-refractivity contribution in [2.75, 3.05) is 6.61 Å². The zero-order valence-corrected chi connectivity index (χ0v) is 7.67. The van der Waals surface area contributed by atoms with Crippen LogP contribution < -0.4 is 0 Å². The molecule has 0 aromatic heterocycles. The molecular formula is C4H3N3O10. The average Bonchev–Trinajstić information content (AvgIpc) is 2.16. The minimum atomic E-state index is -4.02. The number of ether oxygens (including phenoxy) is 1. The van der Waals surface area contributed by atoms with Crippen LogP contribution in [-0.2, 0) is 14.3 Å². The molecule has 0 spiro atoms. The second-order valence-electron chi connectivity index (χ2n) is 2.43. The van der Waals surface area contributed by atoms with E-state index in [9.17, 15) is 39.9 Å². The zero-order valence-electron chi connectivity index (χ0n) is 7.67. The highest BCUT2D eigenvalue weighted by Crippen LogP contribution is 2.12. The highest BCUT2D eigenvalue weighted by molar-refractivity contribution is 6.28. The van der Waals surface area contributed by atoms with Gasteiger partial charge in [-0.3, -0.25) is 30.3 Å². The van der Waals surface area contributed by atoms with Gasteiger partial charge in [-0.15, -0.1) is 0 Å². The van der Waals surface area contributed by atoms with Crippen molar-refractivity contribution in [2.45, 2.75) is 5.79 Å². The van der Waals surface area contributed by atoms with Crippen LogP contribution in [0.4, 0.5) is 0 Å². The number of nitrogens with zero attached hydrogens (tertiary/aromatic N) is 3. The summed E-state index contributed by atoms with van der Waals surface area (Å²) in [6.07, 6.45) is 0. The van der Waals surface area contributed by atoms with Crippen molar-refractivity contribution in [3.8, 4) is 0 Å². The van der Waals surface area contributed by atoms with E-state index in [0.29, 0.717) is 0 Å². The monoisotopic (exact) mass is 253 g/mol. The highest BCUT2D eigenvalue weighted by Gasteiger charge is 2.72. The van der Waals surface area contributed by atoms with Crippen LogP contribution in [0.2, 0.25) is 0 Å². The first-order valence-corrected chi connectivity index (χ1v) is 3.49. The highest BCUT2D eigenvalue weighted by atomic mass is 16.7. The van der Waals surface area contributed by atoms with E-state index in [2.05, 4.69) is 4.74 Å². The zero-order chi connectivity index (χ0) is 13.8. The molecule has 0 aliphatic rings. The third-order valence-electron chi connectivity index (χ3n) is 1.45. The maximum absolute atomic E-state index is 10.4. The Hall–Kier alpha value is -2.86. The van der Waals surface area contributed by atoms with Gasteiger partial charge in [0.1, 0.15) is 0 Å². The van der Waals surface area contributed by atoms with Crippen molar-refractivity contribution < 1.29 is 34.2 Å². The molecule has 0 rings (SSSR count). The van der Waals surface area contributed by atoms with Gasteiger partial charge in [0.25, 0.3) is 0 Å². The van der Waals surface area contributed by atoms with Crippen LogP contribution in [0.25, 0.3) is 0 Å². The number of esters is 1. The Bertz CT molecular complexity index is 364. The smallest absolute Gasteiger partial charge is 0.473 e. The van der Waals surface area contributed by atoms with Crippen molar-refractivity contribution in [2.24, 2.45) is 0 Å². The quantitative estimate of drug-likeness (QED) is 0.190. The maximum Gasteiger partial charge on any atom is 0.734 e. The first kappa shape index (κ1) is 14.1. The van der Waals surface area contributed by atoms with E-state index in [-0.39, 0.29) is 0 Å². The molecule has 0 unspecified atom stereocenters. The third-order valence-corrected chi connectivity index (χ3v) is 1.45. The van der Waals surface area contributed by atoms with Gasteiger partial charge in [0.05, 0.1) is 0 Å². The summed E-state index contributed by atoms with van der Waals surface area (Å²) in [5.41, 5.74) is 0. The van der Waals surface area contributed by atoms with E-state index in [1.165, 1.54) is 0 Å². The minimum Gasteiger partial charge on any atom is -0.473 e. The van der Waals surface area contributed by atoms with Gasteiger partial charge in [-0.05, 0) is 0 Å². The fourth-order valence-corrected chi connectivity index (χ4v) is 0.582. The lowest BCUT2D eigenvalue weighted by Crippen LogP contribution is -2.57. The standard InChI is InChI=1S/C4H3N3O10/c8-2(9)3(10)17-1-4(5(11)12,6(13)14)7(15)16/h1H2,(H,8,9). The molecule has 13 nitrogen and oxygen atoms in total. The normalized spacial score (nSPS) is 10.4. The van der Waals surface area contributed by atoms with E-state index in [4.69, 9.17) is 5.11 Å². The molecule has 0 saturated carbocycles. The molecule has 0 bridgehead atoms. The lowest BCUT2D eigenvalue weighted by atomic mass is 10.4. The van der Waals surface area contributed by atoms with Crippen LogP contribution in [0.5, 0.6) is 0 Å². The molecule has 0 atom stereocenters. The third kappa shape index (κ3) is 2.58. The van der Waals surface area contributed by atoms with Gasteiger partial charge in [-0.1, -0.05) is 0 Å². The molecule has 0 saturated heterocycles. The number of carbonyl (C=O) groups excluding carboxylic acids is 1. The first-order chi connectivity index (χ1) is 7.66. The fourth-order valence-electron chi connectivity index (χ4n) is 0.582. The first-order valence-electron chi connectivity index (χ1n) is 3.49. The summed E-state index contributed by atoms with van der Waals surface area (Å²) in [5.74, 6) is -8.31. The van der Waals surface area contributed by atoms with Crippen LogP contribution in [0.3, 0.4) is 0 Å². The van der Waals surface area contributed by atoms with Gasteiger partial charge in [0, 0.05) is 0 Å². The topological polar surface area (TPSA) is 193 Å². The lowest BCUT2D eigenvalue weighted by Gasteiger charge is -2.07. The predicted molar refractivity (Wildman–Crippen MR) is 42.3 cm³/mol. The van der Waals surface area contributed by atoms with Gasteiger partial charge in [-0.2, -0.15) is 0 Å². The van der Waals surface area contributed by atoms with Gasteiger partial charge < -0.3 is 9.84 Å². The van der Waals surface area contributed by atoms with Crippen LogP contribution in [-0.4, -0.2) is 44.2 Å². The van der Waals surface area contributed by atoms with Crippen molar-refractivity contribution >= 4 is 11.9 Å². The molecule has 0 radical (unpaired) electrons. The van der Waals surface area contributed by atoms with Gasteiger partial charge in [-0.25, -0.2) is 9.59 Å². The molecule has 94 valence electrons. The maximum atomic E-state index is 10.4. The van der Waals surface area contributed by atoms with Gasteiger partial charge in [0.15, 0.2) is 14.8 Å². The Labute approximate surface area is 90.0 Å². The largest absolute Gasteiger partial charge is 0.734 e. The Kier molecular flexibility index (Phi) is 3.97. The summed E-state index contributed by atoms with van der Waals surface area (Å²) < 4.78 is 3.59. The van der Waals surface area contributed by atoms with Crippen LogP contribution in [0.1, 0.15) is 0 Å². The molecule has 0 amide bonds. The van der Waals surface area contributed by atoms with Crippen molar-refractivity contribution in [3.63, 3.8) is 0 Å². The summed E-state index contributed by atoms with van der Waals surface area (Å²) >= 11 is 0. The van der Waals surface area contributed by atoms with Crippen molar-refractivity contribution in [1.82, 2.24) is 0 Å². The summed E-state index contributed by atoms with van der Waals surface area (Å²) in [4.78, 5) is 45.4. The molecule has 0 heterocycles. The number of nitro groups is 3. The molecule has 0 aliphatic carbocycles. The number of rotatable bonds is 5. The van der Waals surface area contributed by atoms with E-state index >= 15 is 0 Å². The van der Waals surface area contributed by atoms with Gasteiger partial charge >= 0.3 is 24.3 Å². The Balaban J connectivity index is 5.15. The number of hydrogen-bond acceptors (Lipinski definition) is 9. The molecule has 0 aromatic rings.